The molecule has 5 aromatic rings. The number of hydrogen-bond acceptors (Lipinski definition) is 2. The molecule has 2 nitrogen and oxygen atoms in total. The second-order valence-electron chi connectivity index (χ2n) is 10.4. The molecule has 0 atom stereocenters. The first kappa shape index (κ1) is 35.1. The zero-order valence-corrected chi connectivity index (χ0v) is 22.5. The molecule has 0 bridgehead atoms. The predicted octanol–water partition coefficient (Wildman–Crippen LogP) is 10.9. The van der Waals surface area contributed by atoms with Crippen molar-refractivity contribution >= 4 is 43.6 Å². The highest BCUT2D eigenvalue weighted by Crippen LogP contribution is 2.58. The number of nitrogens with zero attached hydrogens (tertiary/aromatic N) is 2. The second kappa shape index (κ2) is 10.1. The van der Waals surface area contributed by atoms with Crippen molar-refractivity contribution in [1.29, 1.82) is 0 Å². The third-order valence-electron chi connectivity index (χ3n) is 7.42. The van der Waals surface area contributed by atoms with Crippen LogP contribution in [0.15, 0.2) is 60.7 Å². The smallest absolute Gasteiger partial charge is 0.244 e. The Hall–Kier alpha value is -4.26. The van der Waals surface area contributed by atoms with Gasteiger partial charge in [0.05, 0.1) is 22.1 Å². The molecule has 258 valence electrons. The normalized spacial score (nSPS) is 14.9. The lowest BCUT2D eigenvalue weighted by Gasteiger charge is -2.34. The van der Waals surface area contributed by atoms with Crippen LogP contribution in [0.4, 0.5) is 79.0 Å². The first-order chi connectivity index (χ1) is 21.6. The van der Waals surface area contributed by atoms with Gasteiger partial charge in [0.15, 0.2) is 0 Å². The molecule has 0 aliphatic carbocycles. The van der Waals surface area contributed by atoms with Crippen LogP contribution >= 0.6 is 0 Å². The van der Waals surface area contributed by atoms with E-state index in [1.807, 2.05) is 0 Å². The van der Waals surface area contributed by atoms with Gasteiger partial charge in [-0.15, -0.1) is 0 Å². The summed E-state index contributed by atoms with van der Waals surface area (Å²) in [5.41, 5.74) is -5.30. The van der Waals surface area contributed by atoms with Crippen LogP contribution in [0.3, 0.4) is 0 Å². The molecule has 1 heterocycles. The number of halogens is 18. The third-order valence-corrected chi connectivity index (χ3v) is 7.42. The second-order valence-corrected chi connectivity index (χ2v) is 10.4. The van der Waals surface area contributed by atoms with E-state index in [0.29, 0.717) is 12.1 Å². The quantitative estimate of drug-likeness (QED) is 0.0994. The Morgan fingerprint density at radius 3 is 0.958 bits per heavy atom. The van der Waals surface area contributed by atoms with Crippen molar-refractivity contribution in [3.05, 3.63) is 71.8 Å². The maximum absolute atomic E-state index is 14.9. The van der Waals surface area contributed by atoms with Crippen LogP contribution < -0.4 is 0 Å². The van der Waals surface area contributed by atoms with Crippen molar-refractivity contribution in [2.75, 3.05) is 0 Å². The minimum Gasteiger partial charge on any atom is -0.244 e. The van der Waals surface area contributed by atoms with Crippen LogP contribution in [0.5, 0.6) is 0 Å². The minimum atomic E-state index is -7.36. The van der Waals surface area contributed by atoms with Gasteiger partial charge in [-0.2, -0.15) is 79.0 Å². The maximum atomic E-state index is 14.9. The fourth-order valence-electron chi connectivity index (χ4n) is 4.83. The van der Waals surface area contributed by atoms with Crippen molar-refractivity contribution in [2.45, 2.75) is 47.9 Å². The molecule has 5 rings (SSSR count). The summed E-state index contributed by atoms with van der Waals surface area (Å²) in [6.45, 7) is 0. The van der Waals surface area contributed by atoms with E-state index in [2.05, 4.69) is 9.97 Å². The molecular formula is C28H10F18N2. The Labute approximate surface area is 252 Å². The van der Waals surface area contributed by atoms with E-state index in [0.717, 1.165) is 0 Å². The average molecular weight is 716 g/mol. The van der Waals surface area contributed by atoms with E-state index in [1.54, 1.807) is 0 Å². The predicted molar refractivity (Wildman–Crippen MR) is 132 cm³/mol. The Morgan fingerprint density at radius 2 is 0.667 bits per heavy atom. The average Bonchev–Trinajstić information content (AvgIpc) is 2.98. The minimum absolute atomic E-state index is 0.0357. The number of aromatic nitrogens is 2. The number of para-hydroxylation sites is 2. The van der Waals surface area contributed by atoms with E-state index < -0.39 is 80.6 Å². The molecule has 0 amide bonds. The summed E-state index contributed by atoms with van der Waals surface area (Å²) in [5, 5.41) is -3.27. The number of hydrogen-bond donors (Lipinski definition) is 0. The fourth-order valence-corrected chi connectivity index (χ4v) is 4.83. The first-order valence-corrected chi connectivity index (χ1v) is 12.6. The summed E-state index contributed by atoms with van der Waals surface area (Å²) >= 11 is 0. The summed E-state index contributed by atoms with van der Waals surface area (Å²) in [4.78, 5) is 8.36. The molecule has 0 saturated heterocycles. The van der Waals surface area contributed by atoms with Crippen molar-refractivity contribution in [2.24, 2.45) is 0 Å². The highest BCUT2D eigenvalue weighted by molar-refractivity contribution is 6.24. The van der Waals surface area contributed by atoms with Gasteiger partial charge >= 0.3 is 47.9 Å². The summed E-state index contributed by atoms with van der Waals surface area (Å²) < 4.78 is 248. The summed E-state index contributed by atoms with van der Waals surface area (Å²) in [7, 11) is 0. The molecule has 0 N–H and O–H groups in total. The van der Waals surface area contributed by atoms with Gasteiger partial charge in [-0.1, -0.05) is 36.4 Å². The highest BCUT2D eigenvalue weighted by atomic mass is 19.4. The Kier molecular flexibility index (Phi) is 7.40. The molecule has 0 saturated carbocycles. The van der Waals surface area contributed by atoms with Crippen molar-refractivity contribution < 1.29 is 79.0 Å². The van der Waals surface area contributed by atoms with Crippen LogP contribution in [0.1, 0.15) is 11.1 Å². The van der Waals surface area contributed by atoms with Crippen LogP contribution in [-0.4, -0.2) is 46.0 Å². The van der Waals surface area contributed by atoms with Gasteiger partial charge in [-0.05, 0) is 35.0 Å². The van der Waals surface area contributed by atoms with E-state index in [-0.39, 0.29) is 46.3 Å². The molecule has 0 aliphatic rings. The summed E-state index contributed by atoms with van der Waals surface area (Å²) in [6, 6.07) is 5.77. The summed E-state index contributed by atoms with van der Waals surface area (Å²) in [5.74, 6) is -42.0. The number of alkyl halides is 18. The van der Waals surface area contributed by atoms with Gasteiger partial charge in [0.25, 0.3) is 0 Å². The van der Waals surface area contributed by atoms with Gasteiger partial charge in [0, 0.05) is 21.9 Å². The number of fused-ring (bicyclic) bond motifs is 7. The van der Waals surface area contributed by atoms with Crippen LogP contribution in [0.2, 0.25) is 0 Å². The zero-order valence-electron chi connectivity index (χ0n) is 22.5. The van der Waals surface area contributed by atoms with Crippen LogP contribution in [-0.2, 0) is 11.8 Å². The standard InChI is InChI=1S/C28H10F18N2/c29-21(30,23(33,34)25(37,38)27(41,42)43)11-5-7-13-15(9-11)16-10-12(22(31,32)24(35,36)26(39,40)28(44,45)46)6-8-14(16)20-19(13)47-17-3-1-2-4-18(17)48-20/h1-10H. The molecule has 1 aromatic heterocycles. The molecule has 0 fully saturated rings. The Balaban J connectivity index is 1.88. The molecule has 0 spiro atoms. The van der Waals surface area contributed by atoms with Crippen molar-refractivity contribution in [3.8, 4) is 0 Å². The van der Waals surface area contributed by atoms with Gasteiger partial charge in [0.2, 0.25) is 0 Å². The fraction of sp³-hybridized carbons (Fsp3) is 0.286. The molecule has 4 aromatic carbocycles. The maximum Gasteiger partial charge on any atom is 0.460 e. The third kappa shape index (κ3) is 4.60. The van der Waals surface area contributed by atoms with Gasteiger partial charge < -0.3 is 0 Å². The first-order valence-electron chi connectivity index (χ1n) is 12.6. The number of rotatable bonds is 6. The molecular weight excluding hydrogens is 706 g/mol. The monoisotopic (exact) mass is 716 g/mol. The lowest BCUT2D eigenvalue weighted by molar-refractivity contribution is -0.399. The highest BCUT2D eigenvalue weighted by Gasteiger charge is 2.83. The Morgan fingerprint density at radius 1 is 0.354 bits per heavy atom. The van der Waals surface area contributed by atoms with Crippen LogP contribution in [0.25, 0.3) is 43.6 Å². The topological polar surface area (TPSA) is 25.8 Å². The van der Waals surface area contributed by atoms with Crippen LogP contribution in [0, 0.1) is 0 Å². The zero-order chi connectivity index (χ0) is 36.3. The van der Waals surface area contributed by atoms with Crippen molar-refractivity contribution in [3.63, 3.8) is 0 Å². The Bertz CT molecular complexity index is 1930. The molecule has 48 heavy (non-hydrogen) atoms. The van der Waals surface area contributed by atoms with Gasteiger partial charge in [-0.25, -0.2) is 9.97 Å². The largest absolute Gasteiger partial charge is 0.460 e. The van der Waals surface area contributed by atoms with Gasteiger partial charge in [0.1, 0.15) is 0 Å². The SMILES string of the molecule is FC(F)(F)C(F)(F)C(F)(F)C(F)(F)c1ccc2c(c1)c1cc(C(F)(F)C(F)(F)C(F)(F)C(F)(F)F)ccc1c1nc3ccccc3nc21. The van der Waals surface area contributed by atoms with E-state index >= 15 is 0 Å². The molecule has 20 heteroatoms. The molecule has 0 aliphatic heterocycles. The molecule has 0 unspecified atom stereocenters. The van der Waals surface area contributed by atoms with E-state index in [9.17, 15) is 79.0 Å². The molecule has 0 radical (unpaired) electrons. The van der Waals surface area contributed by atoms with Gasteiger partial charge in [-0.3, -0.25) is 0 Å². The lowest BCUT2D eigenvalue weighted by Crippen LogP contribution is -2.59. The van der Waals surface area contributed by atoms with E-state index in [4.69, 9.17) is 0 Å². The van der Waals surface area contributed by atoms with E-state index in [1.165, 1.54) is 24.3 Å². The van der Waals surface area contributed by atoms with Crippen molar-refractivity contribution in [1.82, 2.24) is 9.97 Å². The lowest BCUT2D eigenvalue weighted by atomic mass is 9.90. The number of benzene rings is 4. The summed E-state index contributed by atoms with van der Waals surface area (Å²) in [6.07, 6.45) is -14.4.